The van der Waals surface area contributed by atoms with Crippen molar-refractivity contribution < 1.29 is 28.6 Å². The molecule has 0 aliphatic carbocycles. The Morgan fingerprint density at radius 1 is 1.07 bits per heavy atom. The first-order chi connectivity index (χ1) is 19.6. The lowest BCUT2D eigenvalue weighted by Crippen LogP contribution is -2.55. The number of benzene rings is 2. The van der Waals surface area contributed by atoms with Crippen molar-refractivity contribution in [2.75, 3.05) is 25.6 Å². The van der Waals surface area contributed by atoms with Crippen LogP contribution in [-0.2, 0) is 29.4 Å². The lowest BCUT2D eigenvalue weighted by Gasteiger charge is -2.45. The highest BCUT2D eigenvalue weighted by atomic mass is 32.1. The van der Waals surface area contributed by atoms with Crippen LogP contribution < -0.4 is 15.4 Å². The van der Waals surface area contributed by atoms with E-state index in [4.69, 9.17) is 19.2 Å². The summed E-state index contributed by atoms with van der Waals surface area (Å²) >= 11 is 1.40. The van der Waals surface area contributed by atoms with Gasteiger partial charge in [0.1, 0.15) is 16.3 Å². The molecule has 1 aliphatic rings. The van der Waals surface area contributed by atoms with Gasteiger partial charge in [-0.15, -0.1) is 11.3 Å². The number of carbonyl (C=O) groups is 3. The van der Waals surface area contributed by atoms with Gasteiger partial charge in [0.2, 0.25) is 5.91 Å². The number of nitrogens with zero attached hydrogens (tertiary/aromatic N) is 1. The van der Waals surface area contributed by atoms with Gasteiger partial charge in [-0.1, -0.05) is 30.3 Å². The molecule has 0 spiro atoms. The minimum absolute atomic E-state index is 0.186. The standard InChI is InChI=1S/C31H35N3O6S/c1-7-39-28(36)25-18(3)34-31(5,27(29(37)40-8-2)26(25)20-12-10-9-11-13-20)30-33-23(17-41-30)21-14-15-24(38-6)22(16-21)32-19(4)35/h9-17,26-27,34H,7-8H2,1-6H3,(H,32,35). The van der Waals surface area contributed by atoms with Crippen LogP contribution in [0.4, 0.5) is 5.69 Å². The van der Waals surface area contributed by atoms with Crippen molar-refractivity contribution in [3.05, 3.63) is 75.8 Å². The summed E-state index contributed by atoms with van der Waals surface area (Å²) in [5.74, 6) is -2.09. The predicted octanol–water partition coefficient (Wildman–Crippen LogP) is 5.40. The summed E-state index contributed by atoms with van der Waals surface area (Å²) in [6, 6.07) is 14.9. The van der Waals surface area contributed by atoms with E-state index in [1.165, 1.54) is 25.4 Å². The summed E-state index contributed by atoms with van der Waals surface area (Å²) in [5.41, 5.74) is 2.73. The maximum absolute atomic E-state index is 13.8. The predicted molar refractivity (Wildman–Crippen MR) is 158 cm³/mol. The van der Waals surface area contributed by atoms with E-state index >= 15 is 0 Å². The topological polar surface area (TPSA) is 116 Å². The molecule has 9 nitrogen and oxygen atoms in total. The van der Waals surface area contributed by atoms with Crippen LogP contribution in [0.1, 0.15) is 51.1 Å². The van der Waals surface area contributed by atoms with Gasteiger partial charge in [-0.25, -0.2) is 9.78 Å². The molecule has 41 heavy (non-hydrogen) atoms. The quantitative estimate of drug-likeness (QED) is 0.325. The third kappa shape index (κ3) is 5.97. The minimum Gasteiger partial charge on any atom is -0.495 e. The largest absolute Gasteiger partial charge is 0.495 e. The molecule has 4 rings (SSSR count). The van der Waals surface area contributed by atoms with Crippen molar-refractivity contribution in [3.8, 4) is 17.0 Å². The second-order valence-corrected chi connectivity index (χ2v) is 10.7. The van der Waals surface area contributed by atoms with Gasteiger partial charge >= 0.3 is 11.9 Å². The van der Waals surface area contributed by atoms with E-state index in [1.54, 1.807) is 26.0 Å². The Balaban J connectivity index is 1.87. The first kappa shape index (κ1) is 29.8. The number of hydrogen-bond donors (Lipinski definition) is 2. The Morgan fingerprint density at radius 3 is 2.41 bits per heavy atom. The molecule has 10 heteroatoms. The Hall–Kier alpha value is -4.18. The summed E-state index contributed by atoms with van der Waals surface area (Å²) in [4.78, 5) is 43.8. The smallest absolute Gasteiger partial charge is 0.336 e. The molecule has 3 unspecified atom stereocenters. The zero-order chi connectivity index (χ0) is 29.7. The lowest BCUT2D eigenvalue weighted by molar-refractivity contribution is -0.152. The van der Waals surface area contributed by atoms with Crippen molar-refractivity contribution in [2.24, 2.45) is 5.92 Å². The Kier molecular flexibility index (Phi) is 9.12. The highest BCUT2D eigenvalue weighted by Crippen LogP contribution is 2.49. The normalized spacial score (nSPS) is 20.1. The summed E-state index contributed by atoms with van der Waals surface area (Å²) in [7, 11) is 1.54. The van der Waals surface area contributed by atoms with E-state index in [0.717, 1.165) is 11.1 Å². The van der Waals surface area contributed by atoms with E-state index in [1.807, 2.05) is 55.6 Å². The molecular formula is C31H35N3O6S. The second-order valence-electron chi connectivity index (χ2n) is 9.84. The number of methoxy groups -OCH3 is 1. The first-order valence-electron chi connectivity index (χ1n) is 13.4. The van der Waals surface area contributed by atoms with E-state index < -0.39 is 29.3 Å². The van der Waals surface area contributed by atoms with Gasteiger partial charge < -0.3 is 24.8 Å². The lowest BCUT2D eigenvalue weighted by atomic mass is 9.67. The third-order valence-electron chi connectivity index (χ3n) is 7.07. The Morgan fingerprint density at radius 2 is 1.78 bits per heavy atom. The zero-order valence-corrected chi connectivity index (χ0v) is 24.9. The molecule has 0 fully saturated rings. The fraction of sp³-hybridized carbons (Fsp3) is 0.355. The molecule has 0 bridgehead atoms. The Bertz CT molecular complexity index is 1470. The number of anilines is 1. The summed E-state index contributed by atoms with van der Waals surface area (Å²) in [6.07, 6.45) is 0. The number of thiazole rings is 1. The zero-order valence-electron chi connectivity index (χ0n) is 24.1. The monoisotopic (exact) mass is 577 g/mol. The number of esters is 2. The van der Waals surface area contributed by atoms with Crippen LogP contribution >= 0.6 is 11.3 Å². The van der Waals surface area contributed by atoms with Gasteiger partial charge in [-0.2, -0.15) is 0 Å². The highest BCUT2D eigenvalue weighted by molar-refractivity contribution is 7.10. The number of rotatable bonds is 9. The van der Waals surface area contributed by atoms with Crippen molar-refractivity contribution >= 4 is 34.9 Å². The summed E-state index contributed by atoms with van der Waals surface area (Å²) in [6.45, 7) is 9.06. The van der Waals surface area contributed by atoms with Crippen LogP contribution in [0.5, 0.6) is 5.75 Å². The van der Waals surface area contributed by atoms with Gasteiger partial charge in [-0.05, 0) is 51.5 Å². The molecule has 3 atom stereocenters. The number of aromatic nitrogens is 1. The fourth-order valence-electron chi connectivity index (χ4n) is 5.37. The summed E-state index contributed by atoms with van der Waals surface area (Å²) in [5, 5.41) is 8.80. The maximum Gasteiger partial charge on any atom is 0.336 e. The van der Waals surface area contributed by atoms with E-state index in [0.29, 0.717) is 33.4 Å². The van der Waals surface area contributed by atoms with Gasteiger partial charge in [0.15, 0.2) is 0 Å². The van der Waals surface area contributed by atoms with Crippen molar-refractivity contribution in [3.63, 3.8) is 0 Å². The van der Waals surface area contributed by atoms with Crippen LogP contribution in [0, 0.1) is 5.92 Å². The van der Waals surface area contributed by atoms with E-state index in [9.17, 15) is 14.4 Å². The number of carbonyl (C=O) groups excluding carboxylic acids is 3. The average molecular weight is 578 g/mol. The SMILES string of the molecule is CCOC(=O)C1=C(C)NC(C)(c2nc(-c3ccc(OC)c(NC(C)=O)c3)cs2)C(C(=O)OCC)C1c1ccccc1. The van der Waals surface area contributed by atoms with Crippen LogP contribution in [-0.4, -0.2) is 43.2 Å². The number of amides is 1. The number of nitrogens with one attached hydrogen (secondary N) is 2. The molecule has 0 radical (unpaired) electrons. The molecule has 2 aromatic carbocycles. The fourth-order valence-corrected chi connectivity index (χ4v) is 6.35. The van der Waals surface area contributed by atoms with Crippen LogP contribution in [0.3, 0.4) is 0 Å². The molecule has 0 saturated heterocycles. The third-order valence-corrected chi connectivity index (χ3v) is 8.15. The molecule has 2 N–H and O–H groups in total. The maximum atomic E-state index is 13.8. The molecule has 3 aromatic rings. The first-order valence-corrected chi connectivity index (χ1v) is 14.3. The van der Waals surface area contributed by atoms with E-state index in [-0.39, 0.29) is 19.1 Å². The molecule has 2 heterocycles. The highest BCUT2D eigenvalue weighted by Gasteiger charge is 2.54. The van der Waals surface area contributed by atoms with Crippen LogP contribution in [0.25, 0.3) is 11.3 Å². The molecule has 0 saturated carbocycles. The molecule has 1 amide bonds. The van der Waals surface area contributed by atoms with Crippen molar-refractivity contribution in [2.45, 2.75) is 46.1 Å². The van der Waals surface area contributed by atoms with Crippen LogP contribution in [0.15, 0.2) is 65.2 Å². The summed E-state index contributed by atoms with van der Waals surface area (Å²) < 4.78 is 16.4. The van der Waals surface area contributed by atoms with Crippen LogP contribution in [0.2, 0.25) is 0 Å². The molecule has 1 aromatic heterocycles. The second kappa shape index (κ2) is 12.6. The minimum atomic E-state index is -1.03. The number of hydrogen-bond acceptors (Lipinski definition) is 9. The molecular weight excluding hydrogens is 542 g/mol. The molecule has 216 valence electrons. The number of allylic oxidation sites excluding steroid dienone is 1. The van der Waals surface area contributed by atoms with Gasteiger partial charge in [-0.3, -0.25) is 9.59 Å². The van der Waals surface area contributed by atoms with Crippen molar-refractivity contribution in [1.29, 1.82) is 0 Å². The molecule has 1 aliphatic heterocycles. The van der Waals surface area contributed by atoms with Crippen molar-refractivity contribution in [1.82, 2.24) is 10.3 Å². The number of ether oxygens (including phenoxy) is 3. The Labute approximate surface area is 243 Å². The van der Waals surface area contributed by atoms with Gasteiger partial charge in [0, 0.05) is 29.5 Å². The van der Waals surface area contributed by atoms with Gasteiger partial charge in [0.05, 0.1) is 43.2 Å². The van der Waals surface area contributed by atoms with E-state index in [2.05, 4.69) is 10.6 Å². The van der Waals surface area contributed by atoms with Gasteiger partial charge in [0.25, 0.3) is 0 Å². The average Bonchev–Trinajstić information content (AvgIpc) is 3.44.